The van der Waals surface area contributed by atoms with Crippen LogP contribution in [-0.4, -0.2) is 29.6 Å². The van der Waals surface area contributed by atoms with Crippen molar-refractivity contribution in [1.82, 2.24) is 15.8 Å². The first kappa shape index (κ1) is 10.7. The summed E-state index contributed by atoms with van der Waals surface area (Å²) in [5.41, 5.74) is 0.706. The van der Waals surface area contributed by atoms with Gasteiger partial charge in [0.05, 0.1) is 6.20 Å². The van der Waals surface area contributed by atoms with E-state index in [0.717, 1.165) is 0 Å². The van der Waals surface area contributed by atoms with E-state index in [2.05, 4.69) is 15.8 Å². The van der Waals surface area contributed by atoms with E-state index in [1.54, 1.807) is 6.92 Å². The topological polar surface area (TPSA) is 84.2 Å². The Kier molecular flexibility index (Phi) is 2.89. The Hall–Kier alpha value is -1.85. The Labute approximate surface area is 92.4 Å². The van der Waals surface area contributed by atoms with Crippen LogP contribution in [0.2, 0.25) is 0 Å². The van der Waals surface area contributed by atoms with Gasteiger partial charge >= 0.3 is 0 Å². The molecular formula is C10H13N3O3. The first-order valence-corrected chi connectivity index (χ1v) is 5.15. The number of aryl methyl sites for hydroxylation is 1. The highest BCUT2D eigenvalue weighted by molar-refractivity contribution is 5.93. The maximum Gasteiger partial charge on any atom is 0.290 e. The van der Waals surface area contributed by atoms with Crippen molar-refractivity contribution in [1.29, 1.82) is 0 Å². The summed E-state index contributed by atoms with van der Waals surface area (Å²) >= 11 is 0. The second-order valence-corrected chi connectivity index (χ2v) is 3.85. The second kappa shape index (κ2) is 4.34. The molecule has 1 aromatic rings. The fraction of sp³-hybridized carbons (Fsp3) is 0.500. The van der Waals surface area contributed by atoms with Crippen LogP contribution in [0.1, 0.15) is 29.0 Å². The van der Waals surface area contributed by atoms with Gasteiger partial charge in [-0.1, -0.05) is 5.16 Å². The second-order valence-electron chi connectivity index (χ2n) is 3.85. The predicted molar refractivity (Wildman–Crippen MR) is 54.7 cm³/mol. The monoisotopic (exact) mass is 223 g/mol. The zero-order valence-electron chi connectivity index (χ0n) is 8.95. The van der Waals surface area contributed by atoms with E-state index in [1.807, 2.05) is 0 Å². The van der Waals surface area contributed by atoms with Crippen LogP contribution in [0.25, 0.3) is 0 Å². The van der Waals surface area contributed by atoms with E-state index in [-0.39, 0.29) is 23.6 Å². The number of nitrogens with zero attached hydrogens (tertiary/aromatic N) is 1. The molecule has 0 spiro atoms. The minimum atomic E-state index is -0.281. The summed E-state index contributed by atoms with van der Waals surface area (Å²) in [4.78, 5) is 22.6. The summed E-state index contributed by atoms with van der Waals surface area (Å²) < 4.78 is 4.84. The van der Waals surface area contributed by atoms with Crippen molar-refractivity contribution < 1.29 is 14.1 Å². The van der Waals surface area contributed by atoms with Crippen molar-refractivity contribution in [2.24, 2.45) is 0 Å². The molecule has 0 aliphatic carbocycles. The van der Waals surface area contributed by atoms with Crippen molar-refractivity contribution >= 4 is 11.8 Å². The third-order valence-corrected chi connectivity index (χ3v) is 2.56. The molecule has 0 radical (unpaired) electrons. The maximum absolute atomic E-state index is 11.7. The summed E-state index contributed by atoms with van der Waals surface area (Å²) in [6.07, 6.45) is 2.60. The molecule has 86 valence electrons. The molecule has 1 aromatic heterocycles. The molecule has 1 saturated heterocycles. The standard InChI is InChI=1S/C10H13N3O3/c1-6-4-12-16-9(6)10(15)13-7-2-3-8(14)11-5-7/h4,7H,2-3,5H2,1H3,(H,11,14)(H,13,15). The lowest BCUT2D eigenvalue weighted by Gasteiger charge is -2.22. The number of aromatic nitrogens is 1. The molecule has 1 unspecified atom stereocenters. The summed E-state index contributed by atoms with van der Waals surface area (Å²) in [7, 11) is 0. The Balaban J connectivity index is 1.93. The first-order valence-electron chi connectivity index (χ1n) is 5.15. The number of rotatable bonds is 2. The number of hydrogen-bond donors (Lipinski definition) is 2. The molecule has 16 heavy (non-hydrogen) atoms. The van der Waals surface area contributed by atoms with Gasteiger partial charge in [0.25, 0.3) is 5.91 Å². The third kappa shape index (κ3) is 2.21. The summed E-state index contributed by atoms with van der Waals surface area (Å²) in [5.74, 6) is -0.0191. The highest BCUT2D eigenvalue weighted by Crippen LogP contribution is 2.08. The van der Waals surface area contributed by atoms with Crippen LogP contribution in [0.3, 0.4) is 0 Å². The van der Waals surface area contributed by atoms with Gasteiger partial charge in [-0.3, -0.25) is 9.59 Å². The Morgan fingerprint density at radius 3 is 3.06 bits per heavy atom. The molecule has 1 atom stereocenters. The SMILES string of the molecule is Cc1cnoc1C(=O)NC1CCC(=O)NC1. The van der Waals surface area contributed by atoms with E-state index >= 15 is 0 Å². The minimum absolute atomic E-state index is 0.0290. The van der Waals surface area contributed by atoms with Gasteiger partial charge < -0.3 is 15.2 Å². The molecule has 0 bridgehead atoms. The van der Waals surface area contributed by atoms with Crippen molar-refractivity contribution in [3.63, 3.8) is 0 Å². The fourth-order valence-corrected chi connectivity index (χ4v) is 1.62. The van der Waals surface area contributed by atoms with Gasteiger partial charge in [-0.25, -0.2) is 0 Å². The summed E-state index contributed by atoms with van der Waals surface area (Å²) in [6.45, 7) is 2.23. The van der Waals surface area contributed by atoms with E-state index in [9.17, 15) is 9.59 Å². The van der Waals surface area contributed by atoms with Gasteiger partial charge in [-0.2, -0.15) is 0 Å². The number of nitrogens with one attached hydrogen (secondary N) is 2. The molecule has 2 heterocycles. The van der Waals surface area contributed by atoms with E-state index < -0.39 is 0 Å². The molecule has 0 saturated carbocycles. The molecule has 6 nitrogen and oxygen atoms in total. The highest BCUT2D eigenvalue weighted by Gasteiger charge is 2.22. The van der Waals surface area contributed by atoms with E-state index in [0.29, 0.717) is 24.9 Å². The number of carbonyl (C=O) groups excluding carboxylic acids is 2. The Bertz CT molecular complexity index is 403. The molecular weight excluding hydrogens is 210 g/mol. The fourth-order valence-electron chi connectivity index (χ4n) is 1.62. The van der Waals surface area contributed by atoms with Crippen LogP contribution in [-0.2, 0) is 4.79 Å². The minimum Gasteiger partial charge on any atom is -0.354 e. The molecule has 1 fully saturated rings. The lowest BCUT2D eigenvalue weighted by molar-refractivity contribution is -0.122. The van der Waals surface area contributed by atoms with Crippen molar-refractivity contribution in [2.75, 3.05) is 6.54 Å². The molecule has 0 aromatic carbocycles. The average Bonchev–Trinajstić information content (AvgIpc) is 2.68. The Morgan fingerprint density at radius 1 is 1.69 bits per heavy atom. The number of piperidine rings is 1. The van der Waals surface area contributed by atoms with Crippen LogP contribution in [0, 0.1) is 6.92 Å². The lowest BCUT2D eigenvalue weighted by Crippen LogP contribution is -2.47. The molecule has 1 aliphatic rings. The average molecular weight is 223 g/mol. The largest absolute Gasteiger partial charge is 0.354 e. The smallest absolute Gasteiger partial charge is 0.290 e. The molecule has 2 rings (SSSR count). The normalized spacial score (nSPS) is 20.3. The van der Waals surface area contributed by atoms with Crippen LogP contribution in [0.4, 0.5) is 0 Å². The first-order chi connectivity index (χ1) is 7.66. The van der Waals surface area contributed by atoms with Crippen molar-refractivity contribution in [3.8, 4) is 0 Å². The number of carbonyl (C=O) groups is 2. The van der Waals surface area contributed by atoms with Gasteiger partial charge in [0.15, 0.2) is 0 Å². The zero-order valence-corrected chi connectivity index (χ0v) is 8.95. The van der Waals surface area contributed by atoms with Crippen LogP contribution < -0.4 is 10.6 Å². The van der Waals surface area contributed by atoms with Gasteiger partial charge in [-0.15, -0.1) is 0 Å². The van der Waals surface area contributed by atoms with E-state index in [4.69, 9.17) is 4.52 Å². The molecule has 2 N–H and O–H groups in total. The van der Waals surface area contributed by atoms with Gasteiger partial charge in [0, 0.05) is 24.6 Å². The quantitative estimate of drug-likeness (QED) is 0.738. The third-order valence-electron chi connectivity index (χ3n) is 2.56. The predicted octanol–water partition coefficient (Wildman–Crippen LogP) is -0.00858. The van der Waals surface area contributed by atoms with Gasteiger partial charge in [-0.05, 0) is 13.3 Å². The zero-order chi connectivity index (χ0) is 11.5. The molecule has 2 amide bonds. The number of hydrogen-bond acceptors (Lipinski definition) is 4. The van der Waals surface area contributed by atoms with Crippen LogP contribution in [0.5, 0.6) is 0 Å². The summed E-state index contributed by atoms with van der Waals surface area (Å²) in [5, 5.41) is 9.04. The van der Waals surface area contributed by atoms with Crippen molar-refractivity contribution in [3.05, 3.63) is 17.5 Å². The molecule has 1 aliphatic heterocycles. The van der Waals surface area contributed by atoms with Gasteiger partial charge in [0.1, 0.15) is 0 Å². The molecule has 6 heteroatoms. The van der Waals surface area contributed by atoms with Gasteiger partial charge in [0.2, 0.25) is 11.7 Å². The lowest BCUT2D eigenvalue weighted by atomic mass is 10.1. The summed E-state index contributed by atoms with van der Waals surface area (Å²) in [6, 6.07) is -0.0327. The van der Waals surface area contributed by atoms with E-state index in [1.165, 1.54) is 6.20 Å². The van der Waals surface area contributed by atoms with Crippen molar-refractivity contribution in [2.45, 2.75) is 25.8 Å². The number of amides is 2. The van der Waals surface area contributed by atoms with Crippen LogP contribution >= 0.6 is 0 Å². The Morgan fingerprint density at radius 2 is 2.50 bits per heavy atom. The highest BCUT2D eigenvalue weighted by atomic mass is 16.5. The van der Waals surface area contributed by atoms with Crippen LogP contribution in [0.15, 0.2) is 10.7 Å². The maximum atomic E-state index is 11.7.